The van der Waals surface area contributed by atoms with Crippen LogP contribution in [0.2, 0.25) is 0 Å². The van der Waals surface area contributed by atoms with Gasteiger partial charge >= 0.3 is 0 Å². The van der Waals surface area contributed by atoms with Gasteiger partial charge in [0.25, 0.3) is 22.6 Å². The van der Waals surface area contributed by atoms with Gasteiger partial charge in [0.2, 0.25) is 0 Å². The van der Waals surface area contributed by atoms with Crippen LogP contribution in [0.15, 0.2) is 0 Å². The Morgan fingerprint density at radius 1 is 1.38 bits per heavy atom. The van der Waals surface area contributed by atoms with Crippen molar-refractivity contribution >= 4 is 34.2 Å². The molecule has 0 aromatic rings. The number of rotatable bonds is 1. The maximum atomic E-state index is 5.45. The molecular weight excluding hydrogens is 122 g/mol. The van der Waals surface area contributed by atoms with E-state index in [0.29, 0.717) is 6.00 Å². The molecule has 39 valence electrons. The normalized spacial score (nSPS) is 20.6. The summed E-state index contributed by atoms with van der Waals surface area (Å²) in [6, 6.07) is 0.466. The predicted octanol–water partition coefficient (Wildman–Crippen LogP) is -1.72. The van der Waals surface area contributed by atoms with Gasteiger partial charge in [-0.3, -0.25) is 0 Å². The van der Waals surface area contributed by atoms with E-state index in [4.69, 9.17) is 11.6 Å². The van der Waals surface area contributed by atoms with E-state index in [2.05, 4.69) is 10.3 Å². The summed E-state index contributed by atoms with van der Waals surface area (Å²) in [5.41, 5.74) is 0. The SMILES string of the molecule is ClCN1[B]N[B]N[B]1. The van der Waals surface area contributed by atoms with Crippen LogP contribution in [-0.2, 0) is 0 Å². The molecule has 0 amide bonds. The Kier molecular flexibility index (Phi) is 2.76. The monoisotopic (exact) mass is 126 g/mol. The fourth-order valence-corrected chi connectivity index (χ4v) is 0.558. The highest BCUT2D eigenvalue weighted by molar-refractivity contribution is 6.65. The number of hydrogen-bond acceptors (Lipinski definition) is 3. The van der Waals surface area contributed by atoms with Crippen LogP contribution >= 0.6 is 11.6 Å². The third-order valence-electron chi connectivity index (χ3n) is 0.785. The van der Waals surface area contributed by atoms with Crippen molar-refractivity contribution in [2.45, 2.75) is 0 Å². The molecule has 1 fully saturated rings. The first kappa shape index (κ1) is 6.48. The number of nitrogens with zero attached hydrogens (tertiary/aromatic N) is 1. The molecule has 1 aliphatic rings. The van der Waals surface area contributed by atoms with Crippen LogP contribution in [0.3, 0.4) is 0 Å². The Labute approximate surface area is 56.0 Å². The van der Waals surface area contributed by atoms with Crippen LogP contribution < -0.4 is 10.3 Å². The molecule has 1 saturated heterocycles. The molecule has 3 nitrogen and oxygen atoms in total. The summed E-state index contributed by atoms with van der Waals surface area (Å²) >= 11 is 5.45. The lowest BCUT2D eigenvalue weighted by atomic mass is 9.82. The van der Waals surface area contributed by atoms with E-state index in [1.54, 1.807) is 27.4 Å². The Morgan fingerprint density at radius 3 is 2.38 bits per heavy atom. The maximum absolute atomic E-state index is 5.45. The highest BCUT2D eigenvalue weighted by atomic mass is 35.5. The van der Waals surface area contributed by atoms with Crippen molar-refractivity contribution in [1.82, 2.24) is 15.0 Å². The van der Waals surface area contributed by atoms with Gasteiger partial charge < -0.3 is 15.0 Å². The minimum Gasteiger partial charge on any atom is -0.379 e. The van der Waals surface area contributed by atoms with Gasteiger partial charge in [0.05, 0.1) is 6.00 Å². The van der Waals surface area contributed by atoms with Gasteiger partial charge in [-0.25, -0.2) is 0 Å². The van der Waals surface area contributed by atoms with Crippen molar-refractivity contribution in [3.63, 3.8) is 0 Å². The quantitative estimate of drug-likeness (QED) is 0.248. The van der Waals surface area contributed by atoms with Crippen molar-refractivity contribution in [3.05, 3.63) is 0 Å². The number of hydrogen-bond donors (Lipinski definition) is 2. The van der Waals surface area contributed by atoms with E-state index in [1.165, 1.54) is 0 Å². The molecule has 0 atom stereocenters. The first-order valence-electron chi connectivity index (χ1n) is 2.25. The second-order valence-corrected chi connectivity index (χ2v) is 1.61. The first-order chi connectivity index (χ1) is 3.93. The zero-order valence-corrected chi connectivity index (χ0v) is 5.02. The molecule has 0 bridgehead atoms. The summed E-state index contributed by atoms with van der Waals surface area (Å²) in [7, 11) is 5.25. The molecule has 1 aliphatic heterocycles. The van der Waals surface area contributed by atoms with Crippen LogP contribution in [0.4, 0.5) is 0 Å². The molecule has 0 spiro atoms. The van der Waals surface area contributed by atoms with Crippen molar-refractivity contribution in [3.8, 4) is 0 Å². The van der Waals surface area contributed by atoms with E-state index in [9.17, 15) is 0 Å². The molecule has 2 N–H and O–H groups in total. The number of halogens is 1. The molecule has 3 radical (unpaired) electrons. The molecular formula is CH4B3ClN3. The van der Waals surface area contributed by atoms with E-state index in [-0.39, 0.29) is 0 Å². The molecule has 0 unspecified atom stereocenters. The smallest absolute Gasteiger partial charge is 0.288 e. The Hall–Kier alpha value is 0.365. The highest BCUT2D eigenvalue weighted by Crippen LogP contribution is 1.82. The van der Waals surface area contributed by atoms with Crippen LogP contribution in [-0.4, -0.2) is 33.4 Å². The summed E-state index contributed by atoms with van der Waals surface area (Å²) in [5, 5.41) is 5.67. The third kappa shape index (κ3) is 1.71. The van der Waals surface area contributed by atoms with Gasteiger partial charge in [-0.05, 0) is 0 Å². The lowest BCUT2D eigenvalue weighted by Crippen LogP contribution is -2.57. The van der Waals surface area contributed by atoms with Crippen LogP contribution in [0.5, 0.6) is 0 Å². The number of alkyl halides is 1. The van der Waals surface area contributed by atoms with Crippen molar-refractivity contribution in [1.29, 1.82) is 0 Å². The first-order valence-corrected chi connectivity index (χ1v) is 2.79. The molecule has 0 aromatic heterocycles. The summed E-state index contributed by atoms with van der Waals surface area (Å²) in [6.45, 7) is 0. The van der Waals surface area contributed by atoms with E-state index in [1.807, 2.05) is 0 Å². The lowest BCUT2D eigenvalue weighted by molar-refractivity contribution is 0.775. The summed E-state index contributed by atoms with van der Waals surface area (Å²) in [6.07, 6.45) is 0. The van der Waals surface area contributed by atoms with Crippen LogP contribution in [0.1, 0.15) is 0 Å². The Bertz CT molecular complexity index is 65.5. The van der Waals surface area contributed by atoms with Gasteiger partial charge in [-0.15, -0.1) is 11.6 Å². The van der Waals surface area contributed by atoms with Crippen molar-refractivity contribution in [2.75, 3.05) is 6.00 Å². The topological polar surface area (TPSA) is 27.3 Å². The maximum Gasteiger partial charge on any atom is 0.288 e. The minimum atomic E-state index is 0.466. The second-order valence-electron chi connectivity index (χ2n) is 1.37. The average molecular weight is 126 g/mol. The molecule has 1 rings (SSSR count). The van der Waals surface area contributed by atoms with Gasteiger partial charge in [-0.1, -0.05) is 0 Å². The van der Waals surface area contributed by atoms with E-state index < -0.39 is 0 Å². The molecule has 0 aromatic carbocycles. The fraction of sp³-hybridized carbons (Fsp3) is 1.00. The van der Waals surface area contributed by atoms with Crippen molar-refractivity contribution in [2.24, 2.45) is 0 Å². The fourth-order valence-electron chi connectivity index (χ4n) is 0.420. The van der Waals surface area contributed by atoms with E-state index in [0.717, 1.165) is 0 Å². The van der Waals surface area contributed by atoms with Gasteiger partial charge in [0.1, 0.15) is 0 Å². The lowest BCUT2D eigenvalue weighted by Gasteiger charge is -2.21. The highest BCUT2D eigenvalue weighted by Gasteiger charge is 2.11. The Balaban J connectivity index is 2.13. The number of nitrogens with one attached hydrogen (secondary N) is 2. The Morgan fingerprint density at radius 2 is 2.00 bits per heavy atom. The van der Waals surface area contributed by atoms with Gasteiger partial charge in [-0.2, -0.15) is 0 Å². The second kappa shape index (κ2) is 3.40. The third-order valence-corrected chi connectivity index (χ3v) is 1.06. The van der Waals surface area contributed by atoms with Gasteiger partial charge in [0, 0.05) is 0 Å². The molecule has 0 saturated carbocycles. The van der Waals surface area contributed by atoms with Crippen LogP contribution in [0, 0.1) is 0 Å². The minimum absolute atomic E-state index is 0.466. The predicted molar refractivity (Wildman–Crippen MR) is 36.1 cm³/mol. The summed E-state index contributed by atoms with van der Waals surface area (Å²) < 4.78 is 1.78. The zero-order valence-electron chi connectivity index (χ0n) is 4.26. The molecule has 0 aliphatic carbocycles. The molecule has 8 heavy (non-hydrogen) atoms. The molecule has 7 heteroatoms. The standard InChI is InChI=1S/CH4B3ClN3/c5-1-8-3-6-2-7-4-8/h6-7H,1H2. The van der Waals surface area contributed by atoms with Crippen LogP contribution in [0.25, 0.3) is 0 Å². The van der Waals surface area contributed by atoms with E-state index >= 15 is 0 Å². The van der Waals surface area contributed by atoms with Crippen molar-refractivity contribution < 1.29 is 0 Å². The summed E-state index contributed by atoms with van der Waals surface area (Å²) in [5.74, 6) is 0. The molecule has 1 heterocycles. The van der Waals surface area contributed by atoms with Gasteiger partial charge in [0.15, 0.2) is 0 Å². The largest absolute Gasteiger partial charge is 0.379 e. The zero-order chi connectivity index (χ0) is 5.82. The average Bonchev–Trinajstić information content (AvgIpc) is 1.90. The summed E-state index contributed by atoms with van der Waals surface area (Å²) in [4.78, 5) is 0.